The van der Waals surface area contributed by atoms with Crippen molar-refractivity contribution in [2.75, 3.05) is 18.2 Å². The van der Waals surface area contributed by atoms with Crippen LogP contribution in [0.1, 0.15) is 32.6 Å². The van der Waals surface area contributed by atoms with Gasteiger partial charge in [-0.05, 0) is 43.7 Å². The monoisotopic (exact) mass is 297 g/mol. The molecule has 1 aliphatic rings. The molecular formula is C16H24ClNS. The highest BCUT2D eigenvalue weighted by molar-refractivity contribution is 7.99. The van der Waals surface area contributed by atoms with Crippen LogP contribution >= 0.6 is 23.4 Å². The summed E-state index contributed by atoms with van der Waals surface area (Å²) in [6.07, 6.45) is 5.08. The van der Waals surface area contributed by atoms with Crippen LogP contribution in [0.3, 0.4) is 0 Å². The fourth-order valence-electron chi connectivity index (χ4n) is 2.67. The molecule has 1 aromatic rings. The summed E-state index contributed by atoms with van der Waals surface area (Å²) in [5, 5.41) is 3.72. The maximum absolute atomic E-state index is 6.21. The van der Waals surface area contributed by atoms with Crippen molar-refractivity contribution in [1.29, 1.82) is 0 Å². The lowest BCUT2D eigenvalue weighted by Crippen LogP contribution is -2.50. The number of hydrogen-bond donors (Lipinski definition) is 1. The van der Waals surface area contributed by atoms with Crippen molar-refractivity contribution >= 4 is 23.4 Å². The van der Waals surface area contributed by atoms with Gasteiger partial charge in [0.25, 0.3) is 0 Å². The third kappa shape index (κ3) is 4.70. The van der Waals surface area contributed by atoms with E-state index in [4.69, 9.17) is 11.6 Å². The van der Waals surface area contributed by atoms with Crippen molar-refractivity contribution in [1.82, 2.24) is 5.32 Å². The Hall–Kier alpha value is -0.180. The third-order valence-electron chi connectivity index (χ3n) is 4.10. The van der Waals surface area contributed by atoms with Crippen LogP contribution in [0.15, 0.2) is 35.2 Å². The lowest BCUT2D eigenvalue weighted by molar-refractivity contribution is 0.221. The van der Waals surface area contributed by atoms with Crippen LogP contribution in [0.2, 0.25) is 0 Å². The minimum atomic E-state index is 0.200. The van der Waals surface area contributed by atoms with E-state index in [1.807, 2.05) is 11.8 Å². The number of alkyl halides is 1. The Labute approximate surface area is 126 Å². The zero-order chi connectivity index (χ0) is 13.6. The van der Waals surface area contributed by atoms with E-state index in [-0.39, 0.29) is 5.54 Å². The van der Waals surface area contributed by atoms with E-state index in [0.29, 0.717) is 0 Å². The van der Waals surface area contributed by atoms with Crippen molar-refractivity contribution in [3.05, 3.63) is 30.3 Å². The standard InChI is InChI=1S/C16H24ClNS/c1-14-7-9-16(13-17,10-8-14)18-11-12-19-15-5-3-2-4-6-15/h2-6,14,18H,7-13H2,1H3. The Bertz CT molecular complexity index is 360. The SMILES string of the molecule is CC1CCC(CCl)(NCCSc2ccccc2)CC1. The van der Waals surface area contributed by atoms with Crippen LogP contribution in [0.5, 0.6) is 0 Å². The lowest BCUT2D eigenvalue weighted by Gasteiger charge is -2.39. The van der Waals surface area contributed by atoms with Crippen LogP contribution in [0.25, 0.3) is 0 Å². The maximum atomic E-state index is 6.21. The molecule has 0 saturated heterocycles. The topological polar surface area (TPSA) is 12.0 Å². The smallest absolute Gasteiger partial charge is 0.0406 e. The summed E-state index contributed by atoms with van der Waals surface area (Å²) in [5.74, 6) is 2.73. The molecule has 2 rings (SSSR count). The normalized spacial score (nSPS) is 27.4. The molecule has 1 N–H and O–H groups in total. The van der Waals surface area contributed by atoms with Crippen molar-refractivity contribution in [3.8, 4) is 0 Å². The van der Waals surface area contributed by atoms with E-state index in [1.165, 1.54) is 30.6 Å². The highest BCUT2D eigenvalue weighted by Gasteiger charge is 2.32. The van der Waals surface area contributed by atoms with E-state index >= 15 is 0 Å². The predicted molar refractivity (Wildman–Crippen MR) is 86.3 cm³/mol. The molecule has 1 nitrogen and oxygen atoms in total. The second-order valence-corrected chi connectivity index (χ2v) is 7.12. The molecule has 19 heavy (non-hydrogen) atoms. The van der Waals surface area contributed by atoms with Gasteiger partial charge in [-0.2, -0.15) is 0 Å². The van der Waals surface area contributed by atoms with Crippen LogP contribution in [0, 0.1) is 5.92 Å². The summed E-state index contributed by atoms with van der Waals surface area (Å²) in [6, 6.07) is 10.6. The highest BCUT2D eigenvalue weighted by Crippen LogP contribution is 2.32. The molecule has 0 bridgehead atoms. The minimum absolute atomic E-state index is 0.200. The summed E-state index contributed by atoms with van der Waals surface area (Å²) in [5.41, 5.74) is 0.200. The molecule has 1 saturated carbocycles. The van der Waals surface area contributed by atoms with Gasteiger partial charge < -0.3 is 5.32 Å². The van der Waals surface area contributed by atoms with Crippen molar-refractivity contribution in [2.24, 2.45) is 5.92 Å². The number of halogens is 1. The Balaban J connectivity index is 1.72. The summed E-state index contributed by atoms with van der Waals surface area (Å²) in [7, 11) is 0. The molecule has 0 aromatic heterocycles. The summed E-state index contributed by atoms with van der Waals surface area (Å²) in [4.78, 5) is 1.35. The first kappa shape index (κ1) is 15.2. The van der Waals surface area contributed by atoms with E-state index in [2.05, 4.69) is 42.6 Å². The van der Waals surface area contributed by atoms with Crippen molar-refractivity contribution in [3.63, 3.8) is 0 Å². The van der Waals surface area contributed by atoms with Gasteiger partial charge in [0.2, 0.25) is 0 Å². The summed E-state index contributed by atoms with van der Waals surface area (Å²) in [6.45, 7) is 3.39. The molecule has 1 aromatic carbocycles. The Morgan fingerprint density at radius 1 is 1.26 bits per heavy atom. The first-order valence-corrected chi connectivity index (χ1v) is 8.75. The number of nitrogens with one attached hydrogen (secondary N) is 1. The zero-order valence-electron chi connectivity index (χ0n) is 11.7. The first-order chi connectivity index (χ1) is 9.24. The van der Waals surface area contributed by atoms with Gasteiger partial charge in [-0.1, -0.05) is 25.1 Å². The van der Waals surface area contributed by atoms with E-state index in [1.54, 1.807) is 0 Å². The van der Waals surface area contributed by atoms with Gasteiger partial charge in [0.1, 0.15) is 0 Å². The van der Waals surface area contributed by atoms with Gasteiger partial charge >= 0.3 is 0 Å². The first-order valence-electron chi connectivity index (χ1n) is 7.23. The van der Waals surface area contributed by atoms with Gasteiger partial charge in [0.15, 0.2) is 0 Å². The van der Waals surface area contributed by atoms with Crippen LogP contribution in [0.4, 0.5) is 0 Å². The quantitative estimate of drug-likeness (QED) is 0.469. The Morgan fingerprint density at radius 3 is 2.58 bits per heavy atom. The molecule has 0 unspecified atom stereocenters. The molecular weight excluding hydrogens is 274 g/mol. The van der Waals surface area contributed by atoms with Gasteiger partial charge in [0.05, 0.1) is 0 Å². The van der Waals surface area contributed by atoms with Crippen molar-refractivity contribution in [2.45, 2.75) is 43.0 Å². The van der Waals surface area contributed by atoms with Gasteiger partial charge in [-0.3, -0.25) is 0 Å². The average Bonchev–Trinajstić information content (AvgIpc) is 2.47. The fourth-order valence-corrected chi connectivity index (χ4v) is 3.83. The highest BCUT2D eigenvalue weighted by atomic mass is 35.5. The lowest BCUT2D eigenvalue weighted by atomic mass is 9.78. The fraction of sp³-hybridized carbons (Fsp3) is 0.625. The predicted octanol–water partition coefficient (Wildman–Crippen LogP) is 4.56. The third-order valence-corrected chi connectivity index (χ3v) is 5.63. The largest absolute Gasteiger partial charge is 0.309 e. The van der Waals surface area contributed by atoms with E-state index < -0.39 is 0 Å². The molecule has 0 aliphatic heterocycles. The molecule has 106 valence electrons. The van der Waals surface area contributed by atoms with Gasteiger partial charge in [-0.25, -0.2) is 0 Å². The Morgan fingerprint density at radius 2 is 1.95 bits per heavy atom. The second-order valence-electron chi connectivity index (χ2n) is 5.68. The molecule has 0 heterocycles. The molecule has 0 radical (unpaired) electrons. The van der Waals surface area contributed by atoms with Crippen LogP contribution in [-0.2, 0) is 0 Å². The number of hydrogen-bond acceptors (Lipinski definition) is 2. The van der Waals surface area contributed by atoms with E-state index in [9.17, 15) is 0 Å². The zero-order valence-corrected chi connectivity index (χ0v) is 13.3. The maximum Gasteiger partial charge on any atom is 0.0406 e. The van der Waals surface area contributed by atoms with Crippen LogP contribution < -0.4 is 5.32 Å². The van der Waals surface area contributed by atoms with Crippen LogP contribution in [-0.4, -0.2) is 23.7 Å². The molecule has 3 heteroatoms. The molecule has 1 aliphatic carbocycles. The number of thioether (sulfide) groups is 1. The summed E-state index contributed by atoms with van der Waals surface area (Å²) >= 11 is 8.12. The van der Waals surface area contributed by atoms with Crippen molar-refractivity contribution < 1.29 is 0 Å². The molecule has 0 atom stereocenters. The number of rotatable bonds is 6. The Kier molecular flexibility index (Phi) is 6.06. The summed E-state index contributed by atoms with van der Waals surface area (Å²) < 4.78 is 0. The molecule has 0 amide bonds. The van der Waals surface area contributed by atoms with Gasteiger partial charge in [0, 0.05) is 28.6 Å². The number of benzene rings is 1. The molecule has 0 spiro atoms. The average molecular weight is 298 g/mol. The van der Waals surface area contributed by atoms with E-state index in [0.717, 1.165) is 24.1 Å². The second kappa shape index (κ2) is 7.56. The molecule has 1 fully saturated rings. The minimum Gasteiger partial charge on any atom is -0.309 e. The van der Waals surface area contributed by atoms with Gasteiger partial charge in [-0.15, -0.1) is 23.4 Å².